The lowest BCUT2D eigenvalue weighted by atomic mass is 9.97. The summed E-state index contributed by atoms with van der Waals surface area (Å²) in [5.41, 5.74) is 14.5. The summed E-state index contributed by atoms with van der Waals surface area (Å²) in [6.45, 7) is 0.957. The lowest BCUT2D eigenvalue weighted by molar-refractivity contribution is -0.196. The number of amides is 1. The van der Waals surface area contributed by atoms with E-state index in [0.29, 0.717) is 6.61 Å². The molecule has 1 saturated heterocycles. The summed E-state index contributed by atoms with van der Waals surface area (Å²) in [5.74, 6) is -0.341. The number of carbonyl (C=O) groups excluding carboxylic acids is 1. The molecule has 1 unspecified atom stereocenters. The third kappa shape index (κ3) is 9.04. The monoisotopic (exact) mass is 578 g/mol. The van der Waals surface area contributed by atoms with Crippen molar-refractivity contribution in [2.75, 3.05) is 19.4 Å². The van der Waals surface area contributed by atoms with Crippen molar-refractivity contribution in [2.45, 2.75) is 49.4 Å². The lowest BCUT2D eigenvalue weighted by Gasteiger charge is -2.44. The standard InChI is InChI=1S/C31H38N4O5S/c1-41-30-27(35-26(36)16-17-34-31(32)33)29(39-19-21-8-4-2-5-9-21)28(37)25(40-30)20-38-18-22-12-14-24(15-13-22)23-10-6-3-7-11-23/h2-15,25,27-30,37H,16-20H2,1H3,(H,35,36)(H4,32,33,34)/t25-,27-,28-,29-,30?/m1/s1. The van der Waals surface area contributed by atoms with Crippen molar-refractivity contribution >= 4 is 23.6 Å². The zero-order chi connectivity index (χ0) is 29.0. The number of carbonyl (C=O) groups is 1. The number of hydrogen-bond acceptors (Lipinski definition) is 7. The van der Waals surface area contributed by atoms with Gasteiger partial charge in [0, 0.05) is 6.42 Å². The molecule has 1 heterocycles. The molecule has 1 aliphatic heterocycles. The predicted octanol–water partition coefficient (Wildman–Crippen LogP) is 3.05. The summed E-state index contributed by atoms with van der Waals surface area (Å²) in [6, 6.07) is 27.5. The van der Waals surface area contributed by atoms with E-state index in [1.807, 2.05) is 66.9 Å². The zero-order valence-electron chi connectivity index (χ0n) is 23.1. The molecule has 0 spiro atoms. The molecule has 5 atom stereocenters. The highest BCUT2D eigenvalue weighted by Gasteiger charge is 2.46. The lowest BCUT2D eigenvalue weighted by Crippen LogP contribution is -2.64. The van der Waals surface area contributed by atoms with Gasteiger partial charge in [-0.25, -0.2) is 0 Å². The Hall–Kier alpha value is -3.41. The second-order valence-electron chi connectivity index (χ2n) is 9.76. The summed E-state index contributed by atoms with van der Waals surface area (Å²) in [4.78, 5) is 16.6. The quantitative estimate of drug-likeness (QED) is 0.179. The van der Waals surface area contributed by atoms with Gasteiger partial charge < -0.3 is 36.1 Å². The molecule has 10 heteroatoms. The third-order valence-electron chi connectivity index (χ3n) is 6.76. The fraction of sp³-hybridized carbons (Fsp3) is 0.355. The predicted molar refractivity (Wildman–Crippen MR) is 162 cm³/mol. The van der Waals surface area contributed by atoms with Crippen LogP contribution in [0, 0.1) is 0 Å². The van der Waals surface area contributed by atoms with Crippen LogP contribution in [0.5, 0.6) is 0 Å². The van der Waals surface area contributed by atoms with Crippen LogP contribution in [-0.2, 0) is 32.2 Å². The summed E-state index contributed by atoms with van der Waals surface area (Å²) >= 11 is 1.43. The normalized spacial score (nSPS) is 22.1. The van der Waals surface area contributed by atoms with Crippen molar-refractivity contribution in [2.24, 2.45) is 16.5 Å². The van der Waals surface area contributed by atoms with Crippen LogP contribution in [0.15, 0.2) is 89.9 Å². The molecule has 1 amide bonds. The van der Waals surface area contributed by atoms with Gasteiger partial charge in [-0.15, -0.1) is 11.8 Å². The molecular weight excluding hydrogens is 540 g/mol. The Morgan fingerprint density at radius 1 is 0.951 bits per heavy atom. The number of nitrogens with zero attached hydrogens (tertiary/aromatic N) is 1. The number of aliphatic hydroxyl groups excluding tert-OH is 1. The molecule has 0 saturated carbocycles. The molecule has 1 aliphatic rings. The minimum atomic E-state index is -1.04. The Balaban J connectivity index is 1.40. The Morgan fingerprint density at radius 2 is 1.59 bits per heavy atom. The fourth-order valence-electron chi connectivity index (χ4n) is 4.64. The first kappa shape index (κ1) is 30.5. The van der Waals surface area contributed by atoms with E-state index in [2.05, 4.69) is 34.6 Å². The van der Waals surface area contributed by atoms with Crippen LogP contribution in [0.1, 0.15) is 17.5 Å². The number of nitrogens with one attached hydrogen (secondary N) is 1. The Morgan fingerprint density at radius 3 is 2.24 bits per heavy atom. The van der Waals surface area contributed by atoms with E-state index in [1.54, 1.807) is 0 Å². The topological polar surface area (TPSA) is 141 Å². The average molecular weight is 579 g/mol. The first-order valence-electron chi connectivity index (χ1n) is 13.5. The number of guanidine groups is 1. The highest BCUT2D eigenvalue weighted by atomic mass is 32.2. The van der Waals surface area contributed by atoms with Crippen molar-refractivity contribution in [3.8, 4) is 11.1 Å². The minimum absolute atomic E-state index is 0.0738. The van der Waals surface area contributed by atoms with Crippen LogP contribution in [0.3, 0.4) is 0 Å². The van der Waals surface area contributed by atoms with Crippen LogP contribution in [0.25, 0.3) is 11.1 Å². The molecule has 0 radical (unpaired) electrons. The molecule has 6 N–H and O–H groups in total. The molecule has 0 bridgehead atoms. The maximum absolute atomic E-state index is 12.7. The molecule has 4 rings (SSSR count). The first-order chi connectivity index (χ1) is 19.9. The van der Waals surface area contributed by atoms with E-state index in [-0.39, 0.29) is 38.0 Å². The summed E-state index contributed by atoms with van der Waals surface area (Å²) < 4.78 is 18.5. The van der Waals surface area contributed by atoms with E-state index in [9.17, 15) is 9.90 Å². The van der Waals surface area contributed by atoms with Crippen LogP contribution in [-0.4, -0.2) is 66.2 Å². The number of aliphatic hydroxyl groups is 1. The summed E-state index contributed by atoms with van der Waals surface area (Å²) in [6.07, 6.45) is -0.432. The van der Waals surface area contributed by atoms with Gasteiger partial charge in [-0.1, -0.05) is 84.9 Å². The number of hydrogen-bond donors (Lipinski definition) is 4. The van der Waals surface area contributed by atoms with E-state index in [0.717, 1.165) is 22.3 Å². The van der Waals surface area contributed by atoms with Crippen LogP contribution >= 0.6 is 11.8 Å². The number of rotatable bonds is 13. The number of nitrogens with two attached hydrogens (primary N) is 2. The highest BCUT2D eigenvalue weighted by Crippen LogP contribution is 2.30. The number of aliphatic imine (C=N–C) groups is 1. The van der Waals surface area contributed by atoms with Gasteiger partial charge in [0.05, 0.1) is 32.4 Å². The van der Waals surface area contributed by atoms with E-state index in [4.69, 9.17) is 25.7 Å². The minimum Gasteiger partial charge on any atom is -0.388 e. The van der Waals surface area contributed by atoms with Gasteiger partial charge in [-0.05, 0) is 28.5 Å². The fourth-order valence-corrected chi connectivity index (χ4v) is 5.41. The Kier molecular flexibility index (Phi) is 11.6. The summed E-state index contributed by atoms with van der Waals surface area (Å²) in [7, 11) is 0. The Labute approximate surface area is 245 Å². The van der Waals surface area contributed by atoms with E-state index >= 15 is 0 Å². The molecule has 1 fully saturated rings. The largest absolute Gasteiger partial charge is 0.388 e. The van der Waals surface area contributed by atoms with Gasteiger partial charge in [-0.3, -0.25) is 9.79 Å². The molecular formula is C31H38N4O5S. The van der Waals surface area contributed by atoms with Crippen molar-refractivity contribution in [1.82, 2.24) is 5.32 Å². The molecule has 218 valence electrons. The molecule has 3 aromatic rings. The van der Waals surface area contributed by atoms with Crippen molar-refractivity contribution < 1.29 is 24.1 Å². The van der Waals surface area contributed by atoms with Gasteiger partial charge in [-0.2, -0.15) is 0 Å². The molecule has 0 aromatic heterocycles. The van der Waals surface area contributed by atoms with Crippen LogP contribution in [0.4, 0.5) is 0 Å². The SMILES string of the molecule is CSC1O[C@H](COCc2ccc(-c3ccccc3)cc2)[C@@H](O)[C@H](OCc2ccccc2)[C@H]1NC(=O)CCN=C(N)N. The van der Waals surface area contributed by atoms with Crippen molar-refractivity contribution in [1.29, 1.82) is 0 Å². The van der Waals surface area contributed by atoms with Gasteiger partial charge in [0.2, 0.25) is 5.91 Å². The first-order valence-corrected chi connectivity index (χ1v) is 14.8. The molecule has 0 aliphatic carbocycles. The molecule has 9 nitrogen and oxygen atoms in total. The van der Waals surface area contributed by atoms with Gasteiger partial charge in [0.1, 0.15) is 23.7 Å². The molecule has 3 aromatic carbocycles. The second kappa shape index (κ2) is 15.6. The second-order valence-corrected chi connectivity index (χ2v) is 10.7. The molecule has 41 heavy (non-hydrogen) atoms. The highest BCUT2D eigenvalue weighted by molar-refractivity contribution is 7.99. The summed E-state index contributed by atoms with van der Waals surface area (Å²) in [5, 5.41) is 14.3. The van der Waals surface area contributed by atoms with Crippen LogP contribution < -0.4 is 16.8 Å². The van der Waals surface area contributed by atoms with Crippen molar-refractivity contribution in [3.05, 3.63) is 96.1 Å². The van der Waals surface area contributed by atoms with E-state index in [1.165, 1.54) is 11.8 Å². The van der Waals surface area contributed by atoms with Gasteiger partial charge >= 0.3 is 0 Å². The zero-order valence-corrected chi connectivity index (χ0v) is 23.9. The maximum atomic E-state index is 12.7. The number of ether oxygens (including phenoxy) is 3. The Bertz CT molecular complexity index is 1240. The number of thioether (sulfide) groups is 1. The average Bonchev–Trinajstić information content (AvgIpc) is 2.99. The van der Waals surface area contributed by atoms with Crippen molar-refractivity contribution in [3.63, 3.8) is 0 Å². The van der Waals surface area contributed by atoms with Crippen LogP contribution in [0.2, 0.25) is 0 Å². The smallest absolute Gasteiger partial charge is 0.222 e. The van der Waals surface area contributed by atoms with Gasteiger partial charge in [0.25, 0.3) is 0 Å². The number of benzene rings is 3. The van der Waals surface area contributed by atoms with Gasteiger partial charge in [0.15, 0.2) is 5.96 Å². The third-order valence-corrected chi connectivity index (χ3v) is 7.63. The van der Waals surface area contributed by atoms with E-state index < -0.39 is 29.8 Å². The maximum Gasteiger partial charge on any atom is 0.222 e.